The summed E-state index contributed by atoms with van der Waals surface area (Å²) in [6.07, 6.45) is 0.697. The van der Waals surface area contributed by atoms with Gasteiger partial charge in [0.05, 0.1) is 12.7 Å². The van der Waals surface area contributed by atoms with Crippen LogP contribution in [0.4, 0.5) is 0 Å². The molecule has 1 aromatic rings. The predicted octanol–water partition coefficient (Wildman–Crippen LogP) is 1.25. The molecule has 14 heavy (non-hydrogen) atoms. The smallest absolute Gasteiger partial charge is 0.339 e. The number of aromatic nitrogens is 1. The Morgan fingerprint density at radius 1 is 1.71 bits per heavy atom. The second kappa shape index (κ2) is 3.97. The van der Waals surface area contributed by atoms with E-state index in [1.165, 1.54) is 7.11 Å². The van der Waals surface area contributed by atoms with Gasteiger partial charge >= 0.3 is 5.97 Å². The minimum Gasteiger partial charge on any atom is -0.465 e. The van der Waals surface area contributed by atoms with Gasteiger partial charge in [-0.3, -0.25) is 0 Å². The number of rotatable bonds is 2. The van der Waals surface area contributed by atoms with Gasteiger partial charge in [-0.05, 0) is 12.5 Å². The maximum atomic E-state index is 11.3. The number of hydrogen-bond acceptors (Lipinski definition) is 3. The number of nitrogens with zero attached hydrogens (tertiary/aromatic N) is 2. The van der Waals surface area contributed by atoms with Gasteiger partial charge in [0.1, 0.15) is 11.8 Å². The van der Waals surface area contributed by atoms with Crippen molar-refractivity contribution >= 4 is 5.97 Å². The highest BCUT2D eigenvalue weighted by Crippen LogP contribution is 2.15. The molecular formula is C10H12N2O2. The van der Waals surface area contributed by atoms with Gasteiger partial charge < -0.3 is 9.30 Å². The molecule has 74 valence electrons. The van der Waals surface area contributed by atoms with Crippen LogP contribution < -0.4 is 0 Å². The van der Waals surface area contributed by atoms with E-state index in [1.807, 2.05) is 13.0 Å². The van der Waals surface area contributed by atoms with Crippen molar-refractivity contribution in [1.82, 2.24) is 4.57 Å². The van der Waals surface area contributed by atoms with E-state index >= 15 is 0 Å². The fraction of sp³-hybridized carbons (Fsp3) is 0.400. The second-order valence-corrected chi connectivity index (χ2v) is 2.91. The molecular weight excluding hydrogens is 180 g/mol. The van der Waals surface area contributed by atoms with Crippen molar-refractivity contribution in [3.63, 3.8) is 0 Å². The maximum absolute atomic E-state index is 11.3. The molecule has 0 aliphatic carbocycles. The zero-order chi connectivity index (χ0) is 10.7. The summed E-state index contributed by atoms with van der Waals surface area (Å²) in [5, 5.41) is 8.78. The van der Waals surface area contributed by atoms with Crippen LogP contribution in [0.3, 0.4) is 0 Å². The lowest BCUT2D eigenvalue weighted by atomic mass is 10.2. The number of methoxy groups -OCH3 is 1. The number of carbonyl (C=O) groups excluding carboxylic acids is 1. The van der Waals surface area contributed by atoms with Gasteiger partial charge in [0.25, 0.3) is 0 Å². The monoisotopic (exact) mass is 192 g/mol. The first-order chi connectivity index (χ1) is 6.65. The molecule has 0 amide bonds. The van der Waals surface area contributed by atoms with Crippen LogP contribution in [0.1, 0.15) is 28.7 Å². The number of ether oxygens (including phenoxy) is 1. The minimum atomic E-state index is -0.390. The van der Waals surface area contributed by atoms with Crippen molar-refractivity contribution in [1.29, 1.82) is 5.26 Å². The maximum Gasteiger partial charge on any atom is 0.339 e. The number of carbonyl (C=O) groups is 1. The summed E-state index contributed by atoms with van der Waals surface area (Å²) in [4.78, 5) is 11.3. The zero-order valence-corrected chi connectivity index (χ0v) is 8.50. The molecule has 0 aliphatic rings. The number of nitriles is 1. The fourth-order valence-electron chi connectivity index (χ4n) is 1.46. The molecule has 0 fully saturated rings. The molecule has 0 atom stereocenters. The topological polar surface area (TPSA) is 55.0 Å². The third-order valence-corrected chi connectivity index (χ3v) is 2.21. The van der Waals surface area contributed by atoms with Crippen LogP contribution in [0.25, 0.3) is 0 Å². The van der Waals surface area contributed by atoms with E-state index in [-0.39, 0.29) is 5.97 Å². The van der Waals surface area contributed by atoms with E-state index in [4.69, 9.17) is 5.26 Å². The lowest BCUT2D eigenvalue weighted by molar-refractivity contribution is 0.0599. The van der Waals surface area contributed by atoms with Crippen LogP contribution >= 0.6 is 0 Å². The summed E-state index contributed by atoms with van der Waals surface area (Å²) in [6.45, 7) is 1.93. The Kier molecular flexibility index (Phi) is 2.92. The van der Waals surface area contributed by atoms with Crippen LogP contribution in [0.15, 0.2) is 6.07 Å². The van der Waals surface area contributed by atoms with Crippen LogP contribution in [-0.4, -0.2) is 17.6 Å². The molecule has 0 spiro atoms. The second-order valence-electron chi connectivity index (χ2n) is 2.91. The van der Waals surface area contributed by atoms with Crippen molar-refractivity contribution in [3.8, 4) is 6.07 Å². The SMILES string of the molecule is CCc1c(C(=O)OC)cc(C#N)n1C. The van der Waals surface area contributed by atoms with Gasteiger partial charge in [0, 0.05) is 12.7 Å². The summed E-state index contributed by atoms with van der Waals surface area (Å²) in [5.74, 6) is -0.390. The van der Waals surface area contributed by atoms with Gasteiger partial charge in [-0.1, -0.05) is 6.92 Å². The van der Waals surface area contributed by atoms with E-state index in [0.29, 0.717) is 17.7 Å². The highest BCUT2D eigenvalue weighted by molar-refractivity contribution is 5.91. The lowest BCUT2D eigenvalue weighted by Crippen LogP contribution is -2.05. The molecule has 4 heteroatoms. The normalized spacial score (nSPS) is 9.57. The van der Waals surface area contributed by atoms with E-state index in [2.05, 4.69) is 4.74 Å². The van der Waals surface area contributed by atoms with E-state index < -0.39 is 0 Å². The first-order valence-corrected chi connectivity index (χ1v) is 4.32. The Hall–Kier alpha value is -1.76. The van der Waals surface area contributed by atoms with Gasteiger partial charge in [-0.25, -0.2) is 4.79 Å². The molecule has 0 N–H and O–H groups in total. The summed E-state index contributed by atoms with van der Waals surface area (Å²) < 4.78 is 6.34. The summed E-state index contributed by atoms with van der Waals surface area (Å²) in [5.41, 5.74) is 1.78. The van der Waals surface area contributed by atoms with Crippen LogP contribution in [0.5, 0.6) is 0 Å². The van der Waals surface area contributed by atoms with Crippen molar-refractivity contribution in [2.75, 3.05) is 7.11 Å². The molecule has 0 aliphatic heterocycles. The average Bonchev–Trinajstić information content (AvgIpc) is 2.53. The van der Waals surface area contributed by atoms with E-state index in [1.54, 1.807) is 17.7 Å². The summed E-state index contributed by atoms with van der Waals surface area (Å²) in [7, 11) is 3.10. The van der Waals surface area contributed by atoms with Gasteiger partial charge in [0.15, 0.2) is 0 Å². The molecule has 0 saturated carbocycles. The highest BCUT2D eigenvalue weighted by atomic mass is 16.5. The Labute approximate surface area is 82.7 Å². The number of hydrogen-bond donors (Lipinski definition) is 0. The van der Waals surface area contributed by atoms with Crippen molar-refractivity contribution < 1.29 is 9.53 Å². The highest BCUT2D eigenvalue weighted by Gasteiger charge is 2.17. The minimum absolute atomic E-state index is 0.390. The Bertz CT molecular complexity index is 399. The molecule has 1 aromatic heterocycles. The standard InChI is InChI=1S/C10H12N2O2/c1-4-9-8(10(13)14-3)5-7(6-11)12(9)2/h5H,4H2,1-3H3. The third kappa shape index (κ3) is 1.49. The van der Waals surface area contributed by atoms with Gasteiger partial charge in [0.2, 0.25) is 0 Å². The van der Waals surface area contributed by atoms with Crippen molar-refractivity contribution in [3.05, 3.63) is 23.0 Å². The van der Waals surface area contributed by atoms with E-state index in [9.17, 15) is 4.79 Å². The fourth-order valence-corrected chi connectivity index (χ4v) is 1.46. The predicted molar refractivity (Wildman–Crippen MR) is 50.8 cm³/mol. The lowest BCUT2D eigenvalue weighted by Gasteiger charge is -2.02. The van der Waals surface area contributed by atoms with Crippen LogP contribution in [-0.2, 0) is 18.2 Å². The molecule has 0 unspecified atom stereocenters. The molecule has 4 nitrogen and oxygen atoms in total. The Morgan fingerprint density at radius 3 is 2.79 bits per heavy atom. The quantitative estimate of drug-likeness (QED) is 0.662. The number of esters is 1. The molecule has 1 rings (SSSR count). The average molecular weight is 192 g/mol. The van der Waals surface area contributed by atoms with Crippen LogP contribution in [0, 0.1) is 11.3 Å². The first kappa shape index (κ1) is 10.3. The summed E-state index contributed by atoms with van der Waals surface area (Å²) in [6, 6.07) is 3.58. The van der Waals surface area contributed by atoms with Crippen LogP contribution in [0.2, 0.25) is 0 Å². The molecule has 0 bridgehead atoms. The largest absolute Gasteiger partial charge is 0.465 e. The first-order valence-electron chi connectivity index (χ1n) is 4.32. The summed E-state index contributed by atoms with van der Waals surface area (Å²) >= 11 is 0. The molecule has 0 radical (unpaired) electrons. The zero-order valence-electron chi connectivity index (χ0n) is 8.50. The third-order valence-electron chi connectivity index (χ3n) is 2.21. The Morgan fingerprint density at radius 2 is 2.36 bits per heavy atom. The molecule has 0 aromatic carbocycles. The van der Waals surface area contributed by atoms with Crippen molar-refractivity contribution in [2.45, 2.75) is 13.3 Å². The van der Waals surface area contributed by atoms with Crippen molar-refractivity contribution in [2.24, 2.45) is 7.05 Å². The molecule has 1 heterocycles. The van der Waals surface area contributed by atoms with Gasteiger partial charge in [-0.2, -0.15) is 5.26 Å². The van der Waals surface area contributed by atoms with E-state index in [0.717, 1.165) is 5.69 Å². The molecule has 0 saturated heterocycles. The van der Waals surface area contributed by atoms with Gasteiger partial charge in [-0.15, -0.1) is 0 Å². The Balaban J connectivity index is 3.31.